The Balaban J connectivity index is 2.02. The molecule has 0 unspecified atom stereocenters. The monoisotopic (exact) mass is 264 g/mol. The van der Waals surface area contributed by atoms with E-state index < -0.39 is 23.5 Å². The van der Waals surface area contributed by atoms with E-state index in [1.54, 1.807) is 0 Å². The van der Waals surface area contributed by atoms with Gasteiger partial charge in [0.2, 0.25) is 0 Å². The summed E-state index contributed by atoms with van der Waals surface area (Å²) in [4.78, 5) is 25.1. The zero-order valence-electron chi connectivity index (χ0n) is 10.3. The van der Waals surface area contributed by atoms with E-state index in [0.717, 1.165) is 5.57 Å². The Morgan fingerprint density at radius 3 is 2.79 bits per heavy atom. The minimum absolute atomic E-state index is 0.0902. The van der Waals surface area contributed by atoms with Crippen LogP contribution < -0.4 is 11.2 Å². The lowest BCUT2D eigenvalue weighted by atomic mass is 9.86. The van der Waals surface area contributed by atoms with Crippen LogP contribution >= 0.6 is 0 Å². The molecule has 1 heterocycles. The number of nitrogens with zero attached hydrogens (tertiary/aromatic N) is 1. The molecule has 0 aliphatic heterocycles. The summed E-state index contributed by atoms with van der Waals surface area (Å²) in [6, 6.07) is 1.08. The van der Waals surface area contributed by atoms with Gasteiger partial charge in [-0.2, -0.15) is 0 Å². The number of nitrogens with one attached hydrogen (secondary N) is 1. The molecular weight excluding hydrogens is 248 g/mol. The van der Waals surface area contributed by atoms with E-state index >= 15 is 0 Å². The summed E-state index contributed by atoms with van der Waals surface area (Å²) in [5.41, 5.74) is 0.105. The normalized spacial score (nSPS) is 33.9. The van der Waals surface area contributed by atoms with Crippen LogP contribution in [0.4, 0.5) is 0 Å². The van der Waals surface area contributed by atoms with Gasteiger partial charge in [-0.25, -0.2) is 4.79 Å². The predicted molar refractivity (Wildman–Crippen MR) is 67.8 cm³/mol. The van der Waals surface area contributed by atoms with Gasteiger partial charge in [0, 0.05) is 18.2 Å². The molecule has 3 N–H and O–H groups in total. The summed E-state index contributed by atoms with van der Waals surface area (Å²) >= 11 is 0. The quantitative estimate of drug-likeness (QED) is 0.598. The van der Waals surface area contributed by atoms with Crippen LogP contribution in [0.3, 0.4) is 0 Å². The lowest BCUT2D eigenvalue weighted by molar-refractivity contribution is 0.0844. The van der Waals surface area contributed by atoms with Gasteiger partial charge in [-0.3, -0.25) is 14.3 Å². The molecule has 1 aromatic rings. The molecule has 0 spiro atoms. The third-order valence-corrected chi connectivity index (χ3v) is 4.08. The minimum atomic E-state index is -0.551. The molecule has 19 heavy (non-hydrogen) atoms. The van der Waals surface area contributed by atoms with Gasteiger partial charge >= 0.3 is 5.69 Å². The Hall–Kier alpha value is -1.66. The number of rotatable bonds is 1. The minimum Gasteiger partial charge on any atom is -0.393 e. The van der Waals surface area contributed by atoms with Crippen molar-refractivity contribution in [3.05, 3.63) is 44.8 Å². The van der Waals surface area contributed by atoms with Crippen LogP contribution in [-0.4, -0.2) is 32.0 Å². The first-order valence-electron chi connectivity index (χ1n) is 6.44. The van der Waals surface area contributed by atoms with Crippen LogP contribution in [0, 0.1) is 5.92 Å². The molecular formula is C13H16N2O4. The number of hydrogen-bond acceptors (Lipinski definition) is 4. The van der Waals surface area contributed by atoms with Gasteiger partial charge in [-0.15, -0.1) is 0 Å². The fourth-order valence-corrected chi connectivity index (χ4v) is 3.19. The molecule has 0 amide bonds. The van der Waals surface area contributed by atoms with Crippen molar-refractivity contribution in [3.8, 4) is 0 Å². The second-order valence-electron chi connectivity index (χ2n) is 5.27. The highest BCUT2D eigenvalue weighted by Gasteiger charge is 2.41. The first-order valence-corrected chi connectivity index (χ1v) is 6.44. The summed E-state index contributed by atoms with van der Waals surface area (Å²) in [7, 11) is 0. The number of aromatic amines is 1. The zero-order valence-corrected chi connectivity index (χ0v) is 10.3. The Bertz CT molecular complexity index is 630. The smallest absolute Gasteiger partial charge is 0.328 e. The number of aliphatic hydroxyl groups excluding tert-OH is 2. The molecule has 0 bridgehead atoms. The molecule has 1 saturated carbocycles. The van der Waals surface area contributed by atoms with Crippen LogP contribution in [0.15, 0.2) is 33.5 Å². The zero-order chi connectivity index (χ0) is 13.6. The summed E-state index contributed by atoms with van der Waals surface area (Å²) < 4.78 is 1.45. The van der Waals surface area contributed by atoms with Crippen molar-refractivity contribution in [2.24, 2.45) is 5.92 Å². The van der Waals surface area contributed by atoms with Crippen LogP contribution in [0.5, 0.6) is 0 Å². The summed E-state index contributed by atoms with van der Waals surface area (Å²) in [6.07, 6.45) is 3.92. The van der Waals surface area contributed by atoms with Crippen molar-refractivity contribution in [2.75, 3.05) is 0 Å². The highest BCUT2D eigenvalue weighted by molar-refractivity contribution is 5.24. The Labute approximate surface area is 109 Å². The van der Waals surface area contributed by atoms with E-state index in [0.29, 0.717) is 19.3 Å². The molecule has 1 fully saturated rings. The third-order valence-electron chi connectivity index (χ3n) is 4.08. The summed E-state index contributed by atoms with van der Waals surface area (Å²) in [5.74, 6) is -0.0902. The molecule has 2 aliphatic rings. The molecule has 6 nitrogen and oxygen atoms in total. The molecule has 102 valence electrons. The lowest BCUT2D eigenvalue weighted by Crippen LogP contribution is -2.32. The van der Waals surface area contributed by atoms with Crippen molar-refractivity contribution in [1.29, 1.82) is 0 Å². The van der Waals surface area contributed by atoms with Gasteiger partial charge in [0.15, 0.2) is 0 Å². The largest absolute Gasteiger partial charge is 0.393 e. The van der Waals surface area contributed by atoms with E-state index in [1.165, 1.54) is 16.8 Å². The standard InChI is InChI=1S/C13H16N2O4/c16-7-1-2-8-9(5-7)11(17)6-10(8)15-4-3-12(18)14-13(15)19/h2-4,7,9-11,16-17H,1,5-6H2,(H,14,18,19)/t7-,9-,10-,11-/m0/s1. The van der Waals surface area contributed by atoms with Crippen molar-refractivity contribution in [3.63, 3.8) is 0 Å². The average Bonchev–Trinajstić information content (AvgIpc) is 2.66. The van der Waals surface area contributed by atoms with Crippen LogP contribution in [-0.2, 0) is 0 Å². The van der Waals surface area contributed by atoms with Crippen molar-refractivity contribution >= 4 is 0 Å². The van der Waals surface area contributed by atoms with Gasteiger partial charge in [0.1, 0.15) is 0 Å². The first kappa shape index (κ1) is 12.4. The second kappa shape index (κ2) is 4.47. The average molecular weight is 264 g/mol. The van der Waals surface area contributed by atoms with Crippen molar-refractivity contribution in [1.82, 2.24) is 9.55 Å². The first-order chi connectivity index (χ1) is 9.06. The Morgan fingerprint density at radius 1 is 1.26 bits per heavy atom. The van der Waals surface area contributed by atoms with Gasteiger partial charge in [0.25, 0.3) is 5.56 Å². The lowest BCUT2D eigenvalue weighted by Gasteiger charge is -2.26. The molecule has 2 aliphatic carbocycles. The third kappa shape index (κ3) is 2.06. The molecule has 0 saturated heterocycles. The Kier molecular flexibility index (Phi) is 2.91. The molecule has 4 atom stereocenters. The molecule has 3 rings (SSSR count). The molecule has 1 aromatic heterocycles. The fourth-order valence-electron chi connectivity index (χ4n) is 3.19. The van der Waals surface area contributed by atoms with Gasteiger partial charge in [-0.1, -0.05) is 6.08 Å². The maximum Gasteiger partial charge on any atom is 0.328 e. The van der Waals surface area contributed by atoms with Gasteiger partial charge in [0.05, 0.1) is 18.2 Å². The van der Waals surface area contributed by atoms with E-state index in [1.807, 2.05) is 6.08 Å². The maximum atomic E-state index is 11.8. The molecule has 6 heteroatoms. The highest BCUT2D eigenvalue weighted by atomic mass is 16.3. The summed E-state index contributed by atoms with van der Waals surface area (Å²) in [5, 5.41) is 19.7. The van der Waals surface area contributed by atoms with E-state index in [2.05, 4.69) is 4.98 Å². The molecule has 0 aromatic carbocycles. The van der Waals surface area contributed by atoms with Crippen LogP contribution in [0.2, 0.25) is 0 Å². The fraction of sp³-hybridized carbons (Fsp3) is 0.538. The topological polar surface area (TPSA) is 95.3 Å². The SMILES string of the molecule is O=c1ccn([C@H]2C[C@H](O)[C@H]3C[C@@H](O)CC=C32)c(=O)[nH]1. The van der Waals surface area contributed by atoms with E-state index in [-0.39, 0.29) is 12.0 Å². The highest BCUT2D eigenvalue weighted by Crippen LogP contribution is 2.44. The van der Waals surface area contributed by atoms with Crippen LogP contribution in [0.1, 0.15) is 25.3 Å². The van der Waals surface area contributed by atoms with Crippen molar-refractivity contribution in [2.45, 2.75) is 37.5 Å². The van der Waals surface area contributed by atoms with E-state index in [9.17, 15) is 19.8 Å². The van der Waals surface area contributed by atoms with Crippen molar-refractivity contribution < 1.29 is 10.2 Å². The van der Waals surface area contributed by atoms with Gasteiger partial charge in [-0.05, 0) is 24.8 Å². The number of fused-ring (bicyclic) bond motifs is 1. The second-order valence-corrected chi connectivity index (χ2v) is 5.27. The number of aliphatic hydroxyl groups is 2. The van der Waals surface area contributed by atoms with Gasteiger partial charge < -0.3 is 10.2 Å². The summed E-state index contributed by atoms with van der Waals surface area (Å²) in [6.45, 7) is 0. The molecule has 0 radical (unpaired) electrons. The Morgan fingerprint density at radius 2 is 2.05 bits per heavy atom. The predicted octanol–water partition coefficient (Wildman–Crippen LogP) is -0.460. The number of aromatic nitrogens is 2. The number of hydrogen-bond donors (Lipinski definition) is 3. The van der Waals surface area contributed by atoms with E-state index in [4.69, 9.17) is 0 Å². The van der Waals surface area contributed by atoms with Crippen LogP contribution in [0.25, 0.3) is 0 Å². The maximum absolute atomic E-state index is 11.8. The number of H-pyrrole nitrogens is 1.